The van der Waals surface area contributed by atoms with Crippen LogP contribution in [-0.2, 0) is 11.0 Å². The summed E-state index contributed by atoms with van der Waals surface area (Å²) in [5, 5.41) is 17.2. The number of aliphatic hydroxyl groups is 1. The Bertz CT molecular complexity index is 417. The summed E-state index contributed by atoms with van der Waals surface area (Å²) in [7, 11) is 0. The van der Waals surface area contributed by atoms with E-state index in [1.807, 2.05) is 0 Å². The zero-order valence-corrected chi connectivity index (χ0v) is 8.38. The van der Waals surface area contributed by atoms with Gasteiger partial charge in [0, 0.05) is 5.02 Å². The van der Waals surface area contributed by atoms with Crippen LogP contribution >= 0.6 is 11.6 Å². The summed E-state index contributed by atoms with van der Waals surface area (Å²) < 4.78 is 37.0. The molecule has 1 aromatic rings. The van der Waals surface area contributed by atoms with Crippen LogP contribution in [0.25, 0.3) is 0 Å². The third-order valence-corrected chi connectivity index (χ3v) is 2.02. The zero-order valence-electron chi connectivity index (χ0n) is 7.62. The van der Waals surface area contributed by atoms with Gasteiger partial charge < -0.3 is 10.2 Å². The molecule has 0 heterocycles. The molecule has 1 atom stereocenters. The average Bonchev–Trinajstić information content (AvgIpc) is 2.14. The van der Waals surface area contributed by atoms with Crippen LogP contribution in [0.3, 0.4) is 0 Å². The van der Waals surface area contributed by atoms with E-state index in [2.05, 4.69) is 0 Å². The van der Waals surface area contributed by atoms with Gasteiger partial charge in [-0.2, -0.15) is 13.2 Å². The molecule has 0 saturated heterocycles. The smallest absolute Gasteiger partial charge is 0.416 e. The van der Waals surface area contributed by atoms with Gasteiger partial charge in [-0.15, -0.1) is 0 Å². The summed E-state index contributed by atoms with van der Waals surface area (Å²) >= 11 is 5.40. The number of hydrogen-bond acceptors (Lipinski definition) is 2. The van der Waals surface area contributed by atoms with Crippen LogP contribution < -0.4 is 0 Å². The number of hydrogen-bond donors (Lipinski definition) is 2. The van der Waals surface area contributed by atoms with Crippen LogP contribution in [0.4, 0.5) is 13.2 Å². The van der Waals surface area contributed by atoms with Crippen molar-refractivity contribution in [1.82, 2.24) is 0 Å². The minimum absolute atomic E-state index is 0.287. The van der Waals surface area contributed by atoms with Crippen molar-refractivity contribution in [1.29, 1.82) is 0 Å². The third kappa shape index (κ3) is 2.86. The van der Waals surface area contributed by atoms with Gasteiger partial charge in [-0.3, -0.25) is 0 Å². The molecular weight excluding hydrogens is 249 g/mol. The number of carboxylic acid groups (broad SMARTS) is 1. The molecule has 16 heavy (non-hydrogen) atoms. The summed E-state index contributed by atoms with van der Waals surface area (Å²) in [6, 6.07) is 2.17. The zero-order chi connectivity index (χ0) is 12.5. The summed E-state index contributed by atoms with van der Waals surface area (Å²) in [6.07, 6.45) is -6.67. The number of rotatable bonds is 2. The Morgan fingerprint density at radius 3 is 2.31 bits per heavy atom. The highest BCUT2D eigenvalue weighted by molar-refractivity contribution is 6.30. The van der Waals surface area contributed by atoms with Crippen LogP contribution in [0.15, 0.2) is 18.2 Å². The molecule has 1 unspecified atom stereocenters. The van der Waals surface area contributed by atoms with E-state index in [9.17, 15) is 18.0 Å². The fourth-order valence-electron chi connectivity index (χ4n) is 1.08. The lowest BCUT2D eigenvalue weighted by molar-refractivity contribution is -0.147. The van der Waals surface area contributed by atoms with E-state index < -0.39 is 29.4 Å². The highest BCUT2D eigenvalue weighted by Gasteiger charge is 2.32. The van der Waals surface area contributed by atoms with E-state index >= 15 is 0 Å². The van der Waals surface area contributed by atoms with Crippen molar-refractivity contribution in [2.24, 2.45) is 0 Å². The molecule has 0 fully saturated rings. The van der Waals surface area contributed by atoms with Crippen LogP contribution in [0.5, 0.6) is 0 Å². The second-order valence-corrected chi connectivity index (χ2v) is 3.45. The Kier molecular flexibility index (Phi) is 3.44. The highest BCUT2D eigenvalue weighted by atomic mass is 35.5. The van der Waals surface area contributed by atoms with E-state index in [1.54, 1.807) is 0 Å². The van der Waals surface area contributed by atoms with E-state index in [0.29, 0.717) is 12.1 Å². The quantitative estimate of drug-likeness (QED) is 0.852. The minimum Gasteiger partial charge on any atom is -0.479 e. The molecule has 0 aliphatic heterocycles. The van der Waals surface area contributed by atoms with Crippen LogP contribution in [0.1, 0.15) is 17.2 Å². The van der Waals surface area contributed by atoms with Crippen molar-refractivity contribution >= 4 is 17.6 Å². The first kappa shape index (κ1) is 12.8. The van der Waals surface area contributed by atoms with Gasteiger partial charge in [0.15, 0.2) is 6.10 Å². The van der Waals surface area contributed by atoms with Gasteiger partial charge in [0.1, 0.15) is 0 Å². The molecule has 0 aromatic heterocycles. The fraction of sp³-hybridized carbons (Fsp3) is 0.222. The van der Waals surface area contributed by atoms with Crippen molar-refractivity contribution in [2.45, 2.75) is 12.3 Å². The molecule has 1 rings (SSSR count). The average molecular weight is 255 g/mol. The van der Waals surface area contributed by atoms with Crippen LogP contribution in [0.2, 0.25) is 5.02 Å². The molecule has 0 bridgehead atoms. The van der Waals surface area contributed by atoms with Crippen molar-refractivity contribution in [3.8, 4) is 0 Å². The first-order valence-corrected chi connectivity index (χ1v) is 4.38. The monoisotopic (exact) mass is 254 g/mol. The second kappa shape index (κ2) is 4.31. The van der Waals surface area contributed by atoms with Crippen molar-refractivity contribution in [2.75, 3.05) is 0 Å². The summed E-state index contributed by atoms with van der Waals surface area (Å²) in [6.45, 7) is 0. The maximum atomic E-state index is 12.3. The molecule has 1 aromatic carbocycles. The molecule has 7 heteroatoms. The summed E-state index contributed by atoms with van der Waals surface area (Å²) in [5.41, 5.74) is -1.51. The maximum absolute atomic E-state index is 12.3. The largest absolute Gasteiger partial charge is 0.479 e. The number of aliphatic hydroxyl groups excluding tert-OH is 1. The number of carboxylic acids is 1. The molecular formula is C9H6ClF3O3. The first-order chi connectivity index (χ1) is 7.21. The van der Waals surface area contributed by atoms with Gasteiger partial charge in [0.05, 0.1) is 5.56 Å². The van der Waals surface area contributed by atoms with Crippen molar-refractivity contribution in [3.05, 3.63) is 34.3 Å². The predicted octanol–water partition coefficient (Wildman–Crippen LogP) is 2.48. The molecule has 0 saturated carbocycles. The van der Waals surface area contributed by atoms with Gasteiger partial charge >= 0.3 is 12.1 Å². The Morgan fingerprint density at radius 2 is 1.88 bits per heavy atom. The normalized spacial score (nSPS) is 13.6. The number of carbonyl (C=O) groups is 1. The number of aliphatic carboxylic acids is 1. The first-order valence-electron chi connectivity index (χ1n) is 4.00. The molecule has 88 valence electrons. The predicted molar refractivity (Wildman–Crippen MR) is 49.0 cm³/mol. The SMILES string of the molecule is O=C(O)C(O)c1cc(Cl)cc(C(F)(F)F)c1. The molecule has 2 N–H and O–H groups in total. The van der Waals surface area contributed by atoms with E-state index in [1.165, 1.54) is 0 Å². The lowest BCUT2D eigenvalue weighted by atomic mass is 10.1. The maximum Gasteiger partial charge on any atom is 0.416 e. The lowest BCUT2D eigenvalue weighted by Crippen LogP contribution is -2.12. The third-order valence-electron chi connectivity index (χ3n) is 1.80. The van der Waals surface area contributed by atoms with E-state index in [0.717, 1.165) is 6.07 Å². The van der Waals surface area contributed by atoms with Crippen LogP contribution in [0, 0.1) is 0 Å². The molecule has 0 aliphatic carbocycles. The van der Waals surface area contributed by atoms with Gasteiger partial charge in [0.25, 0.3) is 0 Å². The molecule has 0 amide bonds. The van der Waals surface area contributed by atoms with Gasteiger partial charge in [-0.05, 0) is 23.8 Å². The minimum atomic E-state index is -4.64. The van der Waals surface area contributed by atoms with E-state index in [-0.39, 0.29) is 5.02 Å². The van der Waals surface area contributed by atoms with Gasteiger partial charge in [0.2, 0.25) is 0 Å². The Hall–Kier alpha value is -1.27. The van der Waals surface area contributed by atoms with Crippen molar-refractivity contribution < 1.29 is 28.2 Å². The summed E-state index contributed by atoms with van der Waals surface area (Å²) in [5.74, 6) is -1.64. The molecule has 0 spiro atoms. The lowest BCUT2D eigenvalue weighted by Gasteiger charge is -2.11. The molecule has 0 aliphatic rings. The van der Waals surface area contributed by atoms with Crippen LogP contribution in [-0.4, -0.2) is 16.2 Å². The number of halogens is 4. The number of alkyl halides is 3. The standard InChI is InChI=1S/C9H6ClF3O3/c10-6-2-4(7(14)8(15)16)1-5(3-6)9(11,12)13/h1-3,7,14H,(H,15,16). The fourth-order valence-corrected chi connectivity index (χ4v) is 1.32. The number of benzene rings is 1. The van der Waals surface area contributed by atoms with Crippen molar-refractivity contribution in [3.63, 3.8) is 0 Å². The molecule has 3 nitrogen and oxygen atoms in total. The summed E-state index contributed by atoms with van der Waals surface area (Å²) in [4.78, 5) is 10.4. The highest BCUT2D eigenvalue weighted by Crippen LogP contribution is 2.33. The van der Waals surface area contributed by atoms with Gasteiger partial charge in [-0.1, -0.05) is 11.6 Å². The Morgan fingerprint density at radius 1 is 1.31 bits per heavy atom. The molecule has 0 radical (unpaired) electrons. The Labute approximate surface area is 93.1 Å². The van der Waals surface area contributed by atoms with Gasteiger partial charge in [-0.25, -0.2) is 4.79 Å². The van der Waals surface area contributed by atoms with E-state index in [4.69, 9.17) is 21.8 Å². The Balaban J connectivity index is 3.23. The second-order valence-electron chi connectivity index (χ2n) is 3.01. The topological polar surface area (TPSA) is 57.5 Å².